The summed E-state index contributed by atoms with van der Waals surface area (Å²) in [6.07, 6.45) is 13.3. The zero-order valence-corrected chi connectivity index (χ0v) is 10.5. The van der Waals surface area contributed by atoms with Gasteiger partial charge in [-0.05, 0) is 36.1 Å². The molecule has 0 aromatic rings. The second-order valence-electron chi connectivity index (χ2n) is 3.97. The zero-order chi connectivity index (χ0) is 10.7. The van der Waals surface area contributed by atoms with Crippen LogP contribution >= 0.6 is 0 Å². The highest BCUT2D eigenvalue weighted by Gasteiger charge is 2.44. The predicted octanol–water partition coefficient (Wildman–Crippen LogP) is 2.80. The summed E-state index contributed by atoms with van der Waals surface area (Å²) in [4.78, 5) is 0. The van der Waals surface area contributed by atoms with Crippen molar-refractivity contribution in [2.45, 2.75) is 25.7 Å². The molecular weight excluding hydrogens is 204 g/mol. The van der Waals surface area contributed by atoms with E-state index in [-0.39, 0.29) is 0 Å². The smallest absolute Gasteiger partial charge is 0.391 e. The Morgan fingerprint density at radius 1 is 1.20 bits per heavy atom. The Bertz CT molecular complexity index is 321. The second kappa shape index (κ2) is 4.47. The molecule has 0 amide bonds. The van der Waals surface area contributed by atoms with E-state index in [9.17, 15) is 0 Å². The minimum atomic E-state index is -2.22. The number of rotatable bonds is 4. The topological polar surface area (TPSA) is 18.5 Å². The van der Waals surface area contributed by atoms with Gasteiger partial charge in [-0.2, -0.15) is 0 Å². The van der Waals surface area contributed by atoms with E-state index in [1.54, 1.807) is 14.2 Å². The number of hydrogen-bond donors (Lipinski definition) is 0. The molecule has 3 heteroatoms. The first-order valence-electron chi connectivity index (χ1n) is 5.49. The third kappa shape index (κ3) is 1.75. The Balaban J connectivity index is 2.30. The molecule has 15 heavy (non-hydrogen) atoms. The van der Waals surface area contributed by atoms with Crippen LogP contribution in [0.1, 0.15) is 25.7 Å². The molecule has 0 heterocycles. The summed E-state index contributed by atoms with van der Waals surface area (Å²) in [6, 6.07) is 0. The van der Waals surface area contributed by atoms with Crippen LogP contribution in [0, 0.1) is 0 Å². The fourth-order valence-electron chi connectivity index (χ4n) is 2.48. The van der Waals surface area contributed by atoms with Gasteiger partial charge < -0.3 is 8.85 Å². The Labute approximate surface area is 92.5 Å². The third-order valence-electron chi connectivity index (χ3n) is 3.23. The van der Waals surface area contributed by atoms with E-state index >= 15 is 0 Å². The lowest BCUT2D eigenvalue weighted by molar-refractivity contribution is 0.260. The summed E-state index contributed by atoms with van der Waals surface area (Å²) in [5, 5.41) is 2.77. The van der Waals surface area contributed by atoms with E-state index in [1.807, 2.05) is 0 Å². The van der Waals surface area contributed by atoms with Crippen molar-refractivity contribution in [1.29, 1.82) is 0 Å². The van der Waals surface area contributed by atoms with Gasteiger partial charge in [0.05, 0.1) is 0 Å². The first-order chi connectivity index (χ1) is 7.33. The molecule has 0 fully saturated rings. The van der Waals surface area contributed by atoms with Crippen LogP contribution in [0.3, 0.4) is 0 Å². The Kier molecular flexibility index (Phi) is 3.24. The highest BCUT2D eigenvalue weighted by molar-refractivity contribution is 6.82. The first-order valence-corrected chi connectivity index (χ1v) is 7.31. The SMILES string of the molecule is CO[Si](OC)(C1=CC=CC1)C1=CCCC1. The average molecular weight is 222 g/mol. The molecule has 82 valence electrons. The van der Waals surface area contributed by atoms with Crippen LogP contribution in [-0.4, -0.2) is 22.8 Å². The van der Waals surface area contributed by atoms with Gasteiger partial charge in [-0.3, -0.25) is 0 Å². The Morgan fingerprint density at radius 2 is 2.00 bits per heavy atom. The van der Waals surface area contributed by atoms with Gasteiger partial charge in [0, 0.05) is 14.2 Å². The van der Waals surface area contributed by atoms with Gasteiger partial charge in [0.15, 0.2) is 0 Å². The minimum absolute atomic E-state index is 0.991. The van der Waals surface area contributed by atoms with Crippen molar-refractivity contribution in [2.75, 3.05) is 14.2 Å². The van der Waals surface area contributed by atoms with E-state index in [2.05, 4.69) is 24.3 Å². The fraction of sp³-hybridized carbons (Fsp3) is 0.500. The molecular formula is C12H18O2Si. The Hall–Kier alpha value is -0.643. The van der Waals surface area contributed by atoms with Crippen LogP contribution < -0.4 is 0 Å². The highest BCUT2D eigenvalue weighted by atomic mass is 28.4. The molecule has 0 bridgehead atoms. The maximum Gasteiger partial charge on any atom is 0.398 e. The number of hydrogen-bond acceptors (Lipinski definition) is 2. The largest absolute Gasteiger partial charge is 0.398 e. The molecule has 2 aliphatic carbocycles. The van der Waals surface area contributed by atoms with Crippen molar-refractivity contribution >= 4 is 8.56 Å². The molecule has 0 aromatic heterocycles. The molecule has 0 unspecified atom stereocenters. The van der Waals surface area contributed by atoms with Gasteiger partial charge in [-0.1, -0.05) is 24.3 Å². The monoisotopic (exact) mass is 222 g/mol. The average Bonchev–Trinajstić information content (AvgIpc) is 2.92. The quantitative estimate of drug-likeness (QED) is 0.681. The summed E-state index contributed by atoms with van der Waals surface area (Å²) in [7, 11) is 1.35. The standard InChI is InChI=1S/C12H18O2Si/c1-13-15(14-2,11-7-3-4-8-11)12-9-5-6-10-12/h3-4,7,9H,5-6,8,10H2,1-2H3. The molecule has 0 radical (unpaired) electrons. The zero-order valence-electron chi connectivity index (χ0n) is 9.45. The van der Waals surface area contributed by atoms with Gasteiger partial charge >= 0.3 is 8.56 Å². The van der Waals surface area contributed by atoms with Gasteiger partial charge in [-0.25, -0.2) is 0 Å². The lowest BCUT2D eigenvalue weighted by Gasteiger charge is -2.30. The summed E-state index contributed by atoms with van der Waals surface area (Å²) in [5.41, 5.74) is 0. The van der Waals surface area contributed by atoms with Crippen LogP contribution in [0.4, 0.5) is 0 Å². The van der Waals surface area contributed by atoms with Gasteiger partial charge in [-0.15, -0.1) is 0 Å². The lowest BCUT2D eigenvalue weighted by atomic mass is 10.4. The van der Waals surface area contributed by atoms with Gasteiger partial charge in [0.25, 0.3) is 0 Å². The van der Waals surface area contributed by atoms with Crippen molar-refractivity contribution in [1.82, 2.24) is 0 Å². The molecule has 2 nitrogen and oxygen atoms in total. The molecule has 0 N–H and O–H groups in total. The maximum absolute atomic E-state index is 5.80. The minimum Gasteiger partial charge on any atom is -0.391 e. The van der Waals surface area contributed by atoms with Crippen LogP contribution in [-0.2, 0) is 8.85 Å². The summed E-state index contributed by atoms with van der Waals surface area (Å²) < 4.78 is 11.6. The molecule has 0 saturated carbocycles. The van der Waals surface area contributed by atoms with Crippen molar-refractivity contribution in [3.8, 4) is 0 Å². The summed E-state index contributed by atoms with van der Waals surface area (Å²) in [6.45, 7) is 0. The van der Waals surface area contributed by atoms with E-state index < -0.39 is 8.56 Å². The molecule has 0 spiro atoms. The van der Waals surface area contributed by atoms with Crippen LogP contribution in [0.15, 0.2) is 34.7 Å². The van der Waals surface area contributed by atoms with E-state index in [0.717, 1.165) is 12.8 Å². The first kappa shape index (κ1) is 10.9. The van der Waals surface area contributed by atoms with Crippen LogP contribution in [0.5, 0.6) is 0 Å². The third-order valence-corrected chi connectivity index (χ3v) is 6.90. The molecule has 0 atom stereocenters. The van der Waals surface area contributed by atoms with Gasteiger partial charge in [0.1, 0.15) is 0 Å². The number of allylic oxidation sites excluding steroid dienone is 6. The van der Waals surface area contributed by atoms with Crippen molar-refractivity contribution in [2.24, 2.45) is 0 Å². The van der Waals surface area contributed by atoms with Crippen LogP contribution in [0.2, 0.25) is 0 Å². The van der Waals surface area contributed by atoms with E-state index in [0.29, 0.717) is 0 Å². The molecule has 0 aliphatic heterocycles. The predicted molar refractivity (Wildman–Crippen MR) is 63.5 cm³/mol. The molecule has 0 saturated heterocycles. The summed E-state index contributed by atoms with van der Waals surface area (Å²) in [5.74, 6) is 0. The van der Waals surface area contributed by atoms with E-state index in [4.69, 9.17) is 8.85 Å². The summed E-state index contributed by atoms with van der Waals surface area (Å²) >= 11 is 0. The highest BCUT2D eigenvalue weighted by Crippen LogP contribution is 2.35. The van der Waals surface area contributed by atoms with Crippen molar-refractivity contribution < 1.29 is 8.85 Å². The molecule has 2 rings (SSSR count). The molecule has 0 aromatic carbocycles. The maximum atomic E-state index is 5.80. The van der Waals surface area contributed by atoms with Crippen molar-refractivity contribution in [3.63, 3.8) is 0 Å². The van der Waals surface area contributed by atoms with Crippen LogP contribution in [0.25, 0.3) is 0 Å². The van der Waals surface area contributed by atoms with Gasteiger partial charge in [0.2, 0.25) is 0 Å². The van der Waals surface area contributed by atoms with Crippen molar-refractivity contribution in [3.05, 3.63) is 34.7 Å². The fourth-order valence-corrected chi connectivity index (χ4v) is 5.72. The second-order valence-corrected chi connectivity index (χ2v) is 7.30. The lowest BCUT2D eigenvalue weighted by Crippen LogP contribution is -2.44. The van der Waals surface area contributed by atoms with E-state index in [1.165, 1.54) is 23.2 Å². The molecule has 2 aliphatic rings. The normalized spacial score (nSPS) is 20.7. The Morgan fingerprint density at radius 3 is 2.47 bits per heavy atom.